The molecule has 0 radical (unpaired) electrons. The van der Waals surface area contributed by atoms with Gasteiger partial charge in [-0.3, -0.25) is 0 Å². The van der Waals surface area contributed by atoms with Gasteiger partial charge in [0.05, 0.1) is 19.8 Å². The molecule has 0 amide bonds. The molecule has 4 N–H and O–H groups in total. The zero-order valence-corrected chi connectivity index (χ0v) is 12.6. The summed E-state index contributed by atoms with van der Waals surface area (Å²) in [5, 5.41) is 38.0. The second kappa shape index (κ2) is 10.4. The Morgan fingerprint density at radius 3 is 2.33 bits per heavy atom. The molecular weight excluding hydrogens is 280 g/mol. The van der Waals surface area contributed by atoms with Crippen LogP contribution in [0.5, 0.6) is 0 Å². The van der Waals surface area contributed by atoms with Crippen LogP contribution >= 0.6 is 0 Å². The Morgan fingerprint density at radius 1 is 0.905 bits per heavy atom. The van der Waals surface area contributed by atoms with Crippen molar-refractivity contribution in [1.29, 1.82) is 0 Å². The third kappa shape index (κ3) is 6.15. The standard InChI is InChI=1S/C14H28O7/c1-2-3-4-5-6-19-7-8-20-14-13(18)12(17)11(16)10(9-15)21-14/h10-18H,2-9H2,1H3/t10-,11-,12+,13-,14+/m1/s1. The average Bonchev–Trinajstić information content (AvgIpc) is 2.49. The lowest BCUT2D eigenvalue weighted by molar-refractivity contribution is -0.302. The highest BCUT2D eigenvalue weighted by molar-refractivity contribution is 4.88. The minimum atomic E-state index is -1.41. The molecule has 1 saturated heterocycles. The van der Waals surface area contributed by atoms with Crippen LogP contribution in [0.25, 0.3) is 0 Å². The Balaban J connectivity index is 2.16. The molecule has 0 unspecified atom stereocenters. The van der Waals surface area contributed by atoms with Gasteiger partial charge in [-0.25, -0.2) is 0 Å². The lowest BCUT2D eigenvalue weighted by Crippen LogP contribution is -2.59. The summed E-state index contributed by atoms with van der Waals surface area (Å²) in [5.41, 5.74) is 0. The van der Waals surface area contributed by atoms with Crippen LogP contribution < -0.4 is 0 Å². The molecule has 0 spiro atoms. The topological polar surface area (TPSA) is 109 Å². The van der Waals surface area contributed by atoms with Crippen LogP contribution in [0.15, 0.2) is 0 Å². The first-order valence-electron chi connectivity index (χ1n) is 7.61. The summed E-state index contributed by atoms with van der Waals surface area (Å²) in [4.78, 5) is 0. The molecule has 126 valence electrons. The summed E-state index contributed by atoms with van der Waals surface area (Å²) < 4.78 is 15.9. The van der Waals surface area contributed by atoms with Gasteiger partial charge in [0.2, 0.25) is 0 Å². The summed E-state index contributed by atoms with van der Waals surface area (Å²) >= 11 is 0. The first-order valence-corrected chi connectivity index (χ1v) is 7.61. The third-order valence-electron chi connectivity index (χ3n) is 3.50. The zero-order chi connectivity index (χ0) is 15.7. The molecule has 0 saturated carbocycles. The van der Waals surface area contributed by atoms with E-state index in [1.54, 1.807) is 0 Å². The van der Waals surface area contributed by atoms with Gasteiger partial charge in [-0.15, -0.1) is 0 Å². The molecule has 1 aliphatic rings. The fraction of sp³-hybridized carbons (Fsp3) is 1.00. The van der Waals surface area contributed by atoms with E-state index in [-0.39, 0.29) is 6.61 Å². The highest BCUT2D eigenvalue weighted by Gasteiger charge is 2.43. The van der Waals surface area contributed by atoms with Gasteiger partial charge in [0.1, 0.15) is 24.4 Å². The number of unbranched alkanes of at least 4 members (excludes halogenated alkanes) is 3. The number of aliphatic hydroxyl groups excluding tert-OH is 4. The lowest BCUT2D eigenvalue weighted by Gasteiger charge is -2.39. The minimum Gasteiger partial charge on any atom is -0.394 e. The number of hydrogen-bond acceptors (Lipinski definition) is 7. The van der Waals surface area contributed by atoms with Crippen molar-refractivity contribution in [2.24, 2.45) is 0 Å². The molecule has 1 rings (SSSR count). The van der Waals surface area contributed by atoms with Crippen LogP contribution in [0, 0.1) is 0 Å². The molecular formula is C14H28O7. The molecule has 0 aliphatic carbocycles. The Labute approximate surface area is 125 Å². The van der Waals surface area contributed by atoms with E-state index in [9.17, 15) is 15.3 Å². The summed E-state index contributed by atoms with van der Waals surface area (Å²) in [6.45, 7) is 2.92. The largest absolute Gasteiger partial charge is 0.394 e. The normalized spacial score (nSPS) is 33.3. The molecule has 0 aromatic heterocycles. The van der Waals surface area contributed by atoms with E-state index in [1.165, 1.54) is 12.8 Å². The van der Waals surface area contributed by atoms with E-state index in [1.807, 2.05) is 0 Å². The van der Waals surface area contributed by atoms with Crippen molar-refractivity contribution in [2.75, 3.05) is 26.4 Å². The monoisotopic (exact) mass is 308 g/mol. The average molecular weight is 308 g/mol. The van der Waals surface area contributed by atoms with Gasteiger partial charge in [0.15, 0.2) is 6.29 Å². The smallest absolute Gasteiger partial charge is 0.186 e. The van der Waals surface area contributed by atoms with Crippen molar-refractivity contribution >= 4 is 0 Å². The van der Waals surface area contributed by atoms with E-state index >= 15 is 0 Å². The maximum atomic E-state index is 9.74. The van der Waals surface area contributed by atoms with Gasteiger partial charge < -0.3 is 34.6 Å². The van der Waals surface area contributed by atoms with Gasteiger partial charge in [-0.2, -0.15) is 0 Å². The molecule has 0 aromatic rings. The number of ether oxygens (including phenoxy) is 3. The molecule has 1 heterocycles. The fourth-order valence-corrected chi connectivity index (χ4v) is 2.16. The minimum absolute atomic E-state index is 0.205. The molecule has 1 fully saturated rings. The van der Waals surface area contributed by atoms with Crippen LogP contribution in [-0.2, 0) is 14.2 Å². The van der Waals surface area contributed by atoms with Crippen molar-refractivity contribution < 1.29 is 34.6 Å². The van der Waals surface area contributed by atoms with Gasteiger partial charge in [0.25, 0.3) is 0 Å². The Hall–Kier alpha value is -0.280. The van der Waals surface area contributed by atoms with Crippen molar-refractivity contribution in [3.8, 4) is 0 Å². The highest BCUT2D eigenvalue weighted by atomic mass is 16.7. The van der Waals surface area contributed by atoms with Crippen LogP contribution in [0.2, 0.25) is 0 Å². The van der Waals surface area contributed by atoms with Crippen molar-refractivity contribution in [3.05, 3.63) is 0 Å². The number of rotatable bonds is 10. The molecule has 7 heteroatoms. The van der Waals surface area contributed by atoms with E-state index in [0.717, 1.165) is 12.8 Å². The van der Waals surface area contributed by atoms with Crippen LogP contribution in [0.4, 0.5) is 0 Å². The Bertz CT molecular complexity index is 262. The van der Waals surface area contributed by atoms with E-state index < -0.39 is 37.3 Å². The predicted molar refractivity (Wildman–Crippen MR) is 74.7 cm³/mol. The lowest BCUT2D eigenvalue weighted by atomic mass is 9.99. The maximum Gasteiger partial charge on any atom is 0.186 e. The van der Waals surface area contributed by atoms with Crippen molar-refractivity contribution in [3.63, 3.8) is 0 Å². The van der Waals surface area contributed by atoms with E-state index in [2.05, 4.69) is 6.92 Å². The van der Waals surface area contributed by atoms with Gasteiger partial charge >= 0.3 is 0 Å². The first kappa shape index (κ1) is 18.8. The second-order valence-electron chi connectivity index (χ2n) is 5.24. The van der Waals surface area contributed by atoms with E-state index in [4.69, 9.17) is 19.3 Å². The third-order valence-corrected chi connectivity index (χ3v) is 3.50. The molecule has 7 nitrogen and oxygen atoms in total. The summed E-state index contributed by atoms with van der Waals surface area (Å²) in [5.74, 6) is 0. The van der Waals surface area contributed by atoms with Crippen LogP contribution in [0.3, 0.4) is 0 Å². The number of aliphatic hydroxyl groups is 4. The number of hydrogen-bond donors (Lipinski definition) is 4. The van der Waals surface area contributed by atoms with Crippen molar-refractivity contribution in [1.82, 2.24) is 0 Å². The van der Waals surface area contributed by atoms with Gasteiger partial charge in [-0.1, -0.05) is 26.2 Å². The Kier molecular flexibility index (Phi) is 9.34. The van der Waals surface area contributed by atoms with Gasteiger partial charge in [0, 0.05) is 6.61 Å². The van der Waals surface area contributed by atoms with Gasteiger partial charge in [-0.05, 0) is 6.42 Å². The quantitative estimate of drug-likeness (QED) is 0.399. The maximum absolute atomic E-state index is 9.74. The summed E-state index contributed by atoms with van der Waals surface area (Å²) in [6.07, 6.45) is -1.61. The van der Waals surface area contributed by atoms with Crippen LogP contribution in [-0.4, -0.2) is 77.6 Å². The fourth-order valence-electron chi connectivity index (χ4n) is 2.16. The van der Waals surface area contributed by atoms with Crippen molar-refractivity contribution in [2.45, 2.75) is 63.3 Å². The molecule has 1 aliphatic heterocycles. The van der Waals surface area contributed by atoms with Crippen LogP contribution in [0.1, 0.15) is 32.6 Å². The Morgan fingerprint density at radius 2 is 1.67 bits per heavy atom. The van der Waals surface area contributed by atoms with E-state index in [0.29, 0.717) is 13.2 Å². The second-order valence-corrected chi connectivity index (χ2v) is 5.24. The molecule has 0 aromatic carbocycles. The molecule has 5 atom stereocenters. The highest BCUT2D eigenvalue weighted by Crippen LogP contribution is 2.21. The SMILES string of the molecule is CCCCCCOCCO[C@H]1O[C@H](CO)[C@@H](O)[C@H](O)[C@H]1O. The first-order chi connectivity index (χ1) is 10.1. The molecule has 21 heavy (non-hydrogen) atoms. The summed E-state index contributed by atoms with van der Waals surface area (Å²) in [6, 6.07) is 0. The molecule has 0 bridgehead atoms. The zero-order valence-electron chi connectivity index (χ0n) is 12.6. The summed E-state index contributed by atoms with van der Waals surface area (Å²) in [7, 11) is 0. The predicted octanol–water partition coefficient (Wildman–Crippen LogP) is -0.600.